The van der Waals surface area contributed by atoms with Gasteiger partial charge in [-0.25, -0.2) is 4.79 Å². The molecule has 0 aliphatic carbocycles. The molecule has 3 aromatic rings. The lowest BCUT2D eigenvalue weighted by molar-refractivity contribution is 0.0894. The Bertz CT molecular complexity index is 1080. The van der Waals surface area contributed by atoms with Crippen LogP contribution in [0.5, 0.6) is 0 Å². The van der Waals surface area contributed by atoms with E-state index in [2.05, 4.69) is 15.3 Å². The Labute approximate surface area is 155 Å². The van der Waals surface area contributed by atoms with Gasteiger partial charge >= 0.3 is 5.69 Å². The van der Waals surface area contributed by atoms with Gasteiger partial charge in [-0.2, -0.15) is 0 Å². The molecule has 0 saturated heterocycles. The van der Waals surface area contributed by atoms with E-state index in [9.17, 15) is 14.4 Å². The summed E-state index contributed by atoms with van der Waals surface area (Å²) in [6, 6.07) is 12.3. The summed E-state index contributed by atoms with van der Waals surface area (Å²) < 4.78 is 5.11. The molecule has 140 valence electrons. The first-order chi connectivity index (χ1) is 13.0. The number of methoxy groups -OCH3 is 1. The van der Waals surface area contributed by atoms with Gasteiger partial charge < -0.3 is 15.0 Å². The molecular formula is C20H21N3O4. The molecule has 0 saturated carbocycles. The van der Waals surface area contributed by atoms with Gasteiger partial charge in [0.1, 0.15) is 0 Å². The summed E-state index contributed by atoms with van der Waals surface area (Å²) >= 11 is 0. The second kappa shape index (κ2) is 8.01. The molecule has 7 nitrogen and oxygen atoms in total. The number of hydrogen-bond donors (Lipinski definition) is 3. The van der Waals surface area contributed by atoms with Crippen molar-refractivity contribution in [3.8, 4) is 11.1 Å². The number of ether oxygens (including phenoxy) is 1. The molecule has 1 atom stereocenters. The normalized spacial score (nSPS) is 12.1. The Morgan fingerprint density at radius 2 is 1.89 bits per heavy atom. The van der Waals surface area contributed by atoms with Crippen molar-refractivity contribution in [1.82, 2.24) is 15.3 Å². The van der Waals surface area contributed by atoms with Crippen molar-refractivity contribution >= 4 is 16.8 Å². The lowest BCUT2D eigenvalue weighted by Crippen LogP contribution is -2.37. The summed E-state index contributed by atoms with van der Waals surface area (Å²) in [5.74, 6) is -0.177. The molecule has 0 unspecified atom stereocenters. The number of H-pyrrole nitrogens is 2. The fraction of sp³-hybridized carbons (Fsp3) is 0.250. The van der Waals surface area contributed by atoms with Crippen molar-refractivity contribution < 1.29 is 9.53 Å². The van der Waals surface area contributed by atoms with E-state index in [-0.39, 0.29) is 11.9 Å². The highest BCUT2D eigenvalue weighted by Crippen LogP contribution is 2.23. The topological polar surface area (TPSA) is 104 Å². The van der Waals surface area contributed by atoms with Crippen LogP contribution in [0.4, 0.5) is 0 Å². The van der Waals surface area contributed by atoms with Crippen LogP contribution in [0.3, 0.4) is 0 Å². The number of aromatic nitrogens is 2. The molecule has 1 amide bonds. The van der Waals surface area contributed by atoms with Gasteiger partial charge in [0, 0.05) is 12.7 Å². The van der Waals surface area contributed by atoms with E-state index in [0.29, 0.717) is 23.1 Å². The summed E-state index contributed by atoms with van der Waals surface area (Å²) in [4.78, 5) is 40.7. The highest BCUT2D eigenvalue weighted by atomic mass is 16.5. The quantitative estimate of drug-likeness (QED) is 0.620. The van der Waals surface area contributed by atoms with Crippen LogP contribution >= 0.6 is 0 Å². The van der Waals surface area contributed by atoms with Gasteiger partial charge in [0.05, 0.1) is 23.6 Å². The standard InChI is InChI=1S/C20H21N3O4/c1-3-15(11-27-2)21-18(24)14-6-4-5-12(9-14)13-7-8-17-16(10-13)19(25)23-20(26)22-17/h4-10,15H,3,11H2,1-2H3,(H,21,24)(H2,22,23,25,26)/t15-/m0/s1. The Kier molecular flexibility index (Phi) is 5.52. The van der Waals surface area contributed by atoms with E-state index in [1.54, 1.807) is 43.5 Å². The van der Waals surface area contributed by atoms with Crippen molar-refractivity contribution in [2.24, 2.45) is 0 Å². The average molecular weight is 367 g/mol. The minimum Gasteiger partial charge on any atom is -0.383 e. The van der Waals surface area contributed by atoms with E-state index >= 15 is 0 Å². The minimum atomic E-state index is -0.541. The highest BCUT2D eigenvalue weighted by Gasteiger charge is 2.13. The predicted molar refractivity (Wildman–Crippen MR) is 104 cm³/mol. The molecule has 3 N–H and O–H groups in total. The molecule has 1 heterocycles. The molecular weight excluding hydrogens is 346 g/mol. The zero-order chi connectivity index (χ0) is 19.4. The summed E-state index contributed by atoms with van der Waals surface area (Å²) in [5.41, 5.74) is 1.58. The minimum absolute atomic E-state index is 0.0535. The molecule has 0 spiro atoms. The summed E-state index contributed by atoms with van der Waals surface area (Å²) in [6.45, 7) is 2.44. The molecule has 0 fully saturated rings. The smallest absolute Gasteiger partial charge is 0.326 e. The third kappa shape index (κ3) is 4.15. The SMILES string of the molecule is CC[C@@H](COC)NC(=O)c1cccc(-c2ccc3[nH]c(=O)[nH]c(=O)c3c2)c1. The molecule has 0 radical (unpaired) electrons. The van der Waals surface area contributed by atoms with Crippen LogP contribution in [0.1, 0.15) is 23.7 Å². The number of carbonyl (C=O) groups excluding carboxylic acids is 1. The van der Waals surface area contributed by atoms with E-state index < -0.39 is 11.2 Å². The Hall–Kier alpha value is -3.19. The number of fused-ring (bicyclic) bond motifs is 1. The number of rotatable bonds is 6. The van der Waals surface area contributed by atoms with Crippen molar-refractivity contribution in [3.05, 3.63) is 68.9 Å². The predicted octanol–water partition coefficient (Wildman–Crippen LogP) is 2.04. The van der Waals surface area contributed by atoms with E-state index in [0.717, 1.165) is 17.5 Å². The van der Waals surface area contributed by atoms with E-state index in [4.69, 9.17) is 4.74 Å². The number of amides is 1. The lowest BCUT2D eigenvalue weighted by Gasteiger charge is -2.16. The third-order valence-electron chi connectivity index (χ3n) is 4.39. The fourth-order valence-electron chi connectivity index (χ4n) is 2.92. The van der Waals surface area contributed by atoms with Crippen LogP contribution in [0.15, 0.2) is 52.1 Å². The molecule has 0 aliphatic heterocycles. The molecule has 7 heteroatoms. The zero-order valence-corrected chi connectivity index (χ0v) is 15.2. The van der Waals surface area contributed by atoms with Crippen molar-refractivity contribution in [2.75, 3.05) is 13.7 Å². The molecule has 3 rings (SSSR count). The molecule has 27 heavy (non-hydrogen) atoms. The molecule has 1 aromatic heterocycles. The number of hydrogen-bond acceptors (Lipinski definition) is 4. The Morgan fingerprint density at radius 3 is 2.63 bits per heavy atom. The second-order valence-electron chi connectivity index (χ2n) is 6.28. The average Bonchev–Trinajstić information content (AvgIpc) is 2.67. The first-order valence-electron chi connectivity index (χ1n) is 8.68. The number of carbonyl (C=O) groups is 1. The van der Waals surface area contributed by atoms with Crippen LogP contribution in [0.2, 0.25) is 0 Å². The van der Waals surface area contributed by atoms with E-state index in [1.165, 1.54) is 0 Å². The number of benzene rings is 2. The van der Waals surface area contributed by atoms with E-state index in [1.807, 2.05) is 13.0 Å². The third-order valence-corrected chi connectivity index (χ3v) is 4.39. The van der Waals surface area contributed by atoms with Crippen LogP contribution in [-0.2, 0) is 4.74 Å². The lowest BCUT2D eigenvalue weighted by atomic mass is 10.0. The van der Waals surface area contributed by atoms with Gasteiger partial charge in [-0.3, -0.25) is 14.6 Å². The molecule has 0 aliphatic rings. The first-order valence-corrected chi connectivity index (χ1v) is 8.68. The van der Waals surface area contributed by atoms with Crippen LogP contribution in [-0.4, -0.2) is 35.6 Å². The second-order valence-corrected chi connectivity index (χ2v) is 6.28. The van der Waals surface area contributed by atoms with Gasteiger partial charge in [-0.15, -0.1) is 0 Å². The zero-order valence-electron chi connectivity index (χ0n) is 15.2. The Morgan fingerprint density at radius 1 is 1.11 bits per heavy atom. The van der Waals surface area contributed by atoms with Gasteiger partial charge in [-0.1, -0.05) is 25.1 Å². The van der Waals surface area contributed by atoms with Crippen LogP contribution in [0.25, 0.3) is 22.0 Å². The molecule has 2 aromatic carbocycles. The Balaban J connectivity index is 1.93. The number of aromatic amines is 2. The maximum absolute atomic E-state index is 12.5. The first kappa shape index (κ1) is 18.6. The van der Waals surface area contributed by atoms with Gasteiger partial charge in [0.25, 0.3) is 11.5 Å². The van der Waals surface area contributed by atoms with Crippen LogP contribution < -0.4 is 16.6 Å². The van der Waals surface area contributed by atoms with Gasteiger partial charge in [0.15, 0.2) is 0 Å². The van der Waals surface area contributed by atoms with Crippen molar-refractivity contribution in [2.45, 2.75) is 19.4 Å². The van der Waals surface area contributed by atoms with Crippen LogP contribution in [0, 0.1) is 0 Å². The highest BCUT2D eigenvalue weighted by molar-refractivity contribution is 5.96. The van der Waals surface area contributed by atoms with Crippen molar-refractivity contribution in [1.29, 1.82) is 0 Å². The summed E-state index contributed by atoms with van der Waals surface area (Å²) in [6.07, 6.45) is 0.769. The van der Waals surface area contributed by atoms with Gasteiger partial charge in [0.2, 0.25) is 0 Å². The fourth-order valence-corrected chi connectivity index (χ4v) is 2.92. The molecule has 0 bridgehead atoms. The van der Waals surface area contributed by atoms with Crippen molar-refractivity contribution in [3.63, 3.8) is 0 Å². The summed E-state index contributed by atoms with van der Waals surface area (Å²) in [7, 11) is 1.60. The maximum atomic E-state index is 12.5. The largest absolute Gasteiger partial charge is 0.383 e. The number of nitrogens with one attached hydrogen (secondary N) is 3. The monoisotopic (exact) mass is 367 g/mol. The summed E-state index contributed by atoms with van der Waals surface area (Å²) in [5, 5.41) is 3.33. The maximum Gasteiger partial charge on any atom is 0.326 e. The van der Waals surface area contributed by atoms with Gasteiger partial charge in [-0.05, 0) is 41.8 Å².